The molecule has 0 aliphatic rings. The van der Waals surface area contributed by atoms with Crippen LogP contribution >= 0.6 is 0 Å². The van der Waals surface area contributed by atoms with Crippen LogP contribution in [0.25, 0.3) is 0 Å². The molecular formula is C14H26N4O2. The molecule has 0 aromatic carbocycles. The number of hydrogen-bond donors (Lipinski definition) is 0. The van der Waals surface area contributed by atoms with Gasteiger partial charge in [0.25, 0.3) is 5.91 Å². The quantitative estimate of drug-likeness (QED) is 0.770. The molecule has 1 amide bonds. The summed E-state index contributed by atoms with van der Waals surface area (Å²) >= 11 is 0. The zero-order valence-corrected chi connectivity index (χ0v) is 13.4. The Hall–Kier alpha value is -1.53. The Kier molecular flexibility index (Phi) is 9.49. The Balaban J connectivity index is 0.000000441. The minimum atomic E-state index is -0.310. The highest BCUT2D eigenvalue weighted by atomic mass is 16.7. The molecule has 1 rings (SSSR count). The van der Waals surface area contributed by atoms with Gasteiger partial charge in [0.05, 0.1) is 19.0 Å². The SMILES string of the molecule is CCN(CC)CC.CON(C)C(=O)c1cnc(C)cn1. The third kappa shape index (κ3) is 6.58. The van der Waals surface area contributed by atoms with Crippen LogP contribution < -0.4 is 0 Å². The van der Waals surface area contributed by atoms with Crippen molar-refractivity contribution in [1.29, 1.82) is 0 Å². The summed E-state index contributed by atoms with van der Waals surface area (Å²) in [6.45, 7) is 11.9. The van der Waals surface area contributed by atoms with Crippen LogP contribution in [0.1, 0.15) is 37.0 Å². The average Bonchev–Trinajstić information content (AvgIpc) is 2.49. The standard InChI is InChI=1S/C8H11N3O2.C6H15N/c1-6-4-10-7(5-9-6)8(12)11(2)13-3;1-4-7(5-2)6-3/h4-5H,1-3H3;4-6H2,1-3H3. The second-order valence-electron chi connectivity index (χ2n) is 4.15. The van der Waals surface area contributed by atoms with Gasteiger partial charge in [0.2, 0.25) is 0 Å². The number of hydroxylamine groups is 2. The Labute approximate surface area is 121 Å². The van der Waals surface area contributed by atoms with Gasteiger partial charge in [0, 0.05) is 13.2 Å². The third-order valence-corrected chi connectivity index (χ3v) is 2.90. The summed E-state index contributed by atoms with van der Waals surface area (Å²) in [5, 5.41) is 1.10. The largest absolute Gasteiger partial charge is 0.304 e. The average molecular weight is 282 g/mol. The molecule has 0 unspecified atom stereocenters. The van der Waals surface area contributed by atoms with Gasteiger partial charge in [-0.15, -0.1) is 0 Å². The third-order valence-electron chi connectivity index (χ3n) is 2.90. The second kappa shape index (κ2) is 10.3. The van der Waals surface area contributed by atoms with Crippen molar-refractivity contribution < 1.29 is 9.63 Å². The van der Waals surface area contributed by atoms with Gasteiger partial charge in [-0.3, -0.25) is 14.6 Å². The predicted molar refractivity (Wildman–Crippen MR) is 79.3 cm³/mol. The molecule has 1 heterocycles. The van der Waals surface area contributed by atoms with Crippen molar-refractivity contribution >= 4 is 5.91 Å². The lowest BCUT2D eigenvalue weighted by Crippen LogP contribution is -2.26. The Morgan fingerprint density at radius 3 is 2.00 bits per heavy atom. The maximum Gasteiger partial charge on any atom is 0.297 e. The van der Waals surface area contributed by atoms with Gasteiger partial charge in [-0.25, -0.2) is 10.0 Å². The van der Waals surface area contributed by atoms with Gasteiger partial charge >= 0.3 is 0 Å². The first kappa shape index (κ1) is 18.5. The molecule has 1 aromatic heterocycles. The zero-order valence-electron chi connectivity index (χ0n) is 13.4. The van der Waals surface area contributed by atoms with Crippen LogP contribution in [-0.2, 0) is 4.84 Å². The van der Waals surface area contributed by atoms with Crippen molar-refractivity contribution in [2.24, 2.45) is 0 Å². The van der Waals surface area contributed by atoms with Gasteiger partial charge in [0.15, 0.2) is 0 Å². The fraction of sp³-hybridized carbons (Fsp3) is 0.643. The number of nitrogens with zero attached hydrogens (tertiary/aromatic N) is 4. The van der Waals surface area contributed by atoms with E-state index >= 15 is 0 Å². The van der Waals surface area contributed by atoms with Crippen molar-refractivity contribution in [2.75, 3.05) is 33.8 Å². The predicted octanol–water partition coefficient (Wildman–Crippen LogP) is 1.77. The summed E-state index contributed by atoms with van der Waals surface area (Å²) < 4.78 is 0. The van der Waals surface area contributed by atoms with E-state index in [1.807, 2.05) is 0 Å². The summed E-state index contributed by atoms with van der Waals surface area (Å²) in [5.74, 6) is -0.310. The van der Waals surface area contributed by atoms with Crippen LogP contribution in [0, 0.1) is 6.92 Å². The molecule has 0 saturated carbocycles. The summed E-state index contributed by atoms with van der Waals surface area (Å²) in [5.41, 5.74) is 1.05. The molecule has 0 aliphatic carbocycles. The van der Waals surface area contributed by atoms with Crippen LogP contribution in [0.5, 0.6) is 0 Å². The summed E-state index contributed by atoms with van der Waals surface area (Å²) in [6.07, 6.45) is 2.96. The Morgan fingerprint density at radius 2 is 1.70 bits per heavy atom. The van der Waals surface area contributed by atoms with E-state index in [1.54, 1.807) is 6.92 Å². The number of aromatic nitrogens is 2. The van der Waals surface area contributed by atoms with Crippen LogP contribution in [-0.4, -0.2) is 59.6 Å². The molecule has 6 nitrogen and oxygen atoms in total. The zero-order chi connectivity index (χ0) is 15.5. The molecule has 0 bridgehead atoms. The van der Waals surface area contributed by atoms with Crippen molar-refractivity contribution in [3.05, 3.63) is 23.8 Å². The molecule has 0 aliphatic heterocycles. The molecule has 0 N–H and O–H groups in total. The second-order valence-corrected chi connectivity index (χ2v) is 4.15. The molecule has 6 heteroatoms. The van der Waals surface area contributed by atoms with Crippen molar-refractivity contribution in [1.82, 2.24) is 19.9 Å². The molecule has 20 heavy (non-hydrogen) atoms. The van der Waals surface area contributed by atoms with E-state index in [9.17, 15) is 4.79 Å². The van der Waals surface area contributed by atoms with E-state index in [0.29, 0.717) is 0 Å². The lowest BCUT2D eigenvalue weighted by Gasteiger charge is -2.13. The van der Waals surface area contributed by atoms with E-state index < -0.39 is 0 Å². The minimum Gasteiger partial charge on any atom is -0.304 e. The molecule has 114 valence electrons. The maximum absolute atomic E-state index is 11.4. The Morgan fingerprint density at radius 1 is 1.15 bits per heavy atom. The first-order chi connectivity index (χ1) is 9.49. The summed E-state index contributed by atoms with van der Waals surface area (Å²) in [7, 11) is 2.93. The molecule has 0 radical (unpaired) electrons. The first-order valence-electron chi connectivity index (χ1n) is 6.83. The number of carbonyl (C=O) groups excluding carboxylic acids is 1. The first-order valence-corrected chi connectivity index (χ1v) is 6.83. The highest BCUT2D eigenvalue weighted by Gasteiger charge is 2.12. The van der Waals surface area contributed by atoms with E-state index in [0.717, 1.165) is 10.8 Å². The molecule has 0 fully saturated rings. The monoisotopic (exact) mass is 282 g/mol. The molecule has 0 spiro atoms. The lowest BCUT2D eigenvalue weighted by molar-refractivity contribution is -0.0760. The fourth-order valence-corrected chi connectivity index (χ4v) is 1.42. The van der Waals surface area contributed by atoms with Gasteiger partial charge in [0.1, 0.15) is 5.69 Å². The molecule has 0 saturated heterocycles. The number of rotatable bonds is 5. The van der Waals surface area contributed by atoms with E-state index in [-0.39, 0.29) is 11.6 Å². The normalized spacial score (nSPS) is 9.95. The highest BCUT2D eigenvalue weighted by Crippen LogP contribution is 1.98. The molecular weight excluding hydrogens is 256 g/mol. The Bertz CT molecular complexity index is 372. The van der Waals surface area contributed by atoms with Crippen molar-refractivity contribution in [3.8, 4) is 0 Å². The van der Waals surface area contributed by atoms with Gasteiger partial charge < -0.3 is 4.90 Å². The van der Waals surface area contributed by atoms with E-state index in [1.165, 1.54) is 46.2 Å². The maximum atomic E-state index is 11.4. The van der Waals surface area contributed by atoms with E-state index in [2.05, 4.69) is 35.6 Å². The van der Waals surface area contributed by atoms with Crippen LogP contribution in [0.4, 0.5) is 0 Å². The number of aryl methyl sites for hydroxylation is 1. The van der Waals surface area contributed by atoms with Crippen molar-refractivity contribution in [2.45, 2.75) is 27.7 Å². The minimum absolute atomic E-state index is 0.273. The van der Waals surface area contributed by atoms with Crippen LogP contribution in [0.2, 0.25) is 0 Å². The van der Waals surface area contributed by atoms with Crippen LogP contribution in [0.3, 0.4) is 0 Å². The van der Waals surface area contributed by atoms with Gasteiger partial charge in [-0.05, 0) is 26.6 Å². The highest BCUT2D eigenvalue weighted by molar-refractivity contribution is 5.90. The topological polar surface area (TPSA) is 58.6 Å². The molecule has 1 aromatic rings. The van der Waals surface area contributed by atoms with Gasteiger partial charge in [-0.2, -0.15) is 0 Å². The van der Waals surface area contributed by atoms with E-state index in [4.69, 9.17) is 4.84 Å². The molecule has 0 atom stereocenters. The number of carbonyl (C=O) groups is 1. The lowest BCUT2D eigenvalue weighted by atomic mass is 10.4. The summed E-state index contributed by atoms with van der Waals surface area (Å²) in [4.78, 5) is 26.3. The smallest absolute Gasteiger partial charge is 0.297 e. The van der Waals surface area contributed by atoms with Crippen molar-refractivity contribution in [3.63, 3.8) is 0 Å². The van der Waals surface area contributed by atoms with Crippen LogP contribution in [0.15, 0.2) is 12.4 Å². The number of amides is 1. The fourth-order valence-electron chi connectivity index (χ4n) is 1.42. The van der Waals surface area contributed by atoms with Gasteiger partial charge in [-0.1, -0.05) is 20.8 Å². The summed E-state index contributed by atoms with van der Waals surface area (Å²) in [6, 6.07) is 0. The number of hydrogen-bond acceptors (Lipinski definition) is 5.